The Balaban J connectivity index is 2.14. The van der Waals surface area contributed by atoms with E-state index in [2.05, 4.69) is 10.3 Å². The van der Waals surface area contributed by atoms with Crippen LogP contribution in [0.1, 0.15) is 24.5 Å². The number of aromatic nitrogens is 2. The van der Waals surface area contributed by atoms with Gasteiger partial charge in [0.25, 0.3) is 5.56 Å². The van der Waals surface area contributed by atoms with E-state index in [1.807, 2.05) is 0 Å². The molecule has 5 heteroatoms. The van der Waals surface area contributed by atoms with Crippen molar-refractivity contribution in [3.05, 3.63) is 40.4 Å². The molecule has 1 saturated heterocycles. The van der Waals surface area contributed by atoms with E-state index in [1.54, 1.807) is 24.4 Å². The molecule has 5 nitrogen and oxygen atoms in total. The van der Waals surface area contributed by atoms with Crippen LogP contribution in [0.2, 0.25) is 0 Å². The second kappa shape index (κ2) is 4.42. The molecule has 0 aromatic carbocycles. The number of piperidine rings is 1. The standard InChI is InChI=1S/C13H15N3O2/c17-11-2-1-7-16-12(18)8-10(15-13(11)16)9-3-5-14-6-4-9/h1-2,7-9,14,17H,3-6H2. The van der Waals surface area contributed by atoms with E-state index in [-0.39, 0.29) is 11.3 Å². The summed E-state index contributed by atoms with van der Waals surface area (Å²) < 4.78 is 1.37. The Morgan fingerprint density at radius 1 is 1.39 bits per heavy atom. The molecule has 0 atom stereocenters. The topological polar surface area (TPSA) is 66.6 Å². The molecule has 0 radical (unpaired) electrons. The van der Waals surface area contributed by atoms with Crippen LogP contribution >= 0.6 is 0 Å². The lowest BCUT2D eigenvalue weighted by Gasteiger charge is -2.22. The SMILES string of the molecule is O=c1cc(C2CCNCC2)nc2c(O)cccn12. The fourth-order valence-electron chi connectivity index (χ4n) is 2.46. The van der Waals surface area contributed by atoms with E-state index in [4.69, 9.17) is 0 Å². The highest BCUT2D eigenvalue weighted by molar-refractivity contribution is 5.52. The van der Waals surface area contributed by atoms with Crippen LogP contribution in [-0.4, -0.2) is 27.6 Å². The molecular weight excluding hydrogens is 230 g/mol. The fraction of sp³-hybridized carbons (Fsp3) is 0.385. The molecule has 1 aliphatic heterocycles. The summed E-state index contributed by atoms with van der Waals surface area (Å²) in [5.74, 6) is 0.356. The lowest BCUT2D eigenvalue weighted by molar-refractivity contribution is 0.451. The van der Waals surface area contributed by atoms with Gasteiger partial charge in [-0.25, -0.2) is 4.98 Å². The highest BCUT2D eigenvalue weighted by atomic mass is 16.3. The molecule has 1 fully saturated rings. The van der Waals surface area contributed by atoms with Crippen molar-refractivity contribution < 1.29 is 5.11 Å². The maximum atomic E-state index is 12.0. The van der Waals surface area contributed by atoms with Gasteiger partial charge in [-0.15, -0.1) is 0 Å². The second-order valence-corrected chi connectivity index (χ2v) is 4.63. The maximum Gasteiger partial charge on any atom is 0.258 e. The molecule has 0 saturated carbocycles. The van der Waals surface area contributed by atoms with Gasteiger partial charge < -0.3 is 10.4 Å². The van der Waals surface area contributed by atoms with Gasteiger partial charge in [-0.2, -0.15) is 0 Å². The molecule has 2 aromatic rings. The minimum atomic E-state index is -0.135. The van der Waals surface area contributed by atoms with Crippen molar-refractivity contribution >= 4 is 5.65 Å². The van der Waals surface area contributed by atoms with Gasteiger partial charge >= 0.3 is 0 Å². The van der Waals surface area contributed by atoms with Crippen molar-refractivity contribution in [2.24, 2.45) is 0 Å². The average Bonchev–Trinajstić information content (AvgIpc) is 2.41. The third-order valence-electron chi connectivity index (χ3n) is 3.45. The zero-order valence-corrected chi connectivity index (χ0v) is 9.97. The van der Waals surface area contributed by atoms with E-state index >= 15 is 0 Å². The first-order valence-electron chi connectivity index (χ1n) is 6.18. The second-order valence-electron chi connectivity index (χ2n) is 4.63. The molecule has 2 aromatic heterocycles. The number of aromatic hydroxyl groups is 1. The Kier molecular flexibility index (Phi) is 2.76. The molecule has 3 rings (SSSR count). The minimum absolute atomic E-state index is 0.0467. The molecule has 0 amide bonds. The Morgan fingerprint density at radius 3 is 2.94 bits per heavy atom. The van der Waals surface area contributed by atoms with Crippen LogP contribution in [-0.2, 0) is 0 Å². The van der Waals surface area contributed by atoms with Gasteiger partial charge in [-0.05, 0) is 38.1 Å². The Labute approximate surface area is 104 Å². The number of pyridine rings is 1. The monoisotopic (exact) mass is 245 g/mol. The van der Waals surface area contributed by atoms with Crippen molar-refractivity contribution in [2.75, 3.05) is 13.1 Å². The van der Waals surface area contributed by atoms with E-state index in [0.717, 1.165) is 31.6 Å². The van der Waals surface area contributed by atoms with Gasteiger partial charge in [0.15, 0.2) is 11.4 Å². The number of hydrogen-bond donors (Lipinski definition) is 2. The Morgan fingerprint density at radius 2 is 2.17 bits per heavy atom. The highest BCUT2D eigenvalue weighted by Gasteiger charge is 2.18. The van der Waals surface area contributed by atoms with Crippen molar-refractivity contribution in [3.63, 3.8) is 0 Å². The van der Waals surface area contributed by atoms with E-state index in [1.165, 1.54) is 4.40 Å². The molecule has 94 valence electrons. The fourth-order valence-corrected chi connectivity index (χ4v) is 2.46. The predicted octanol–water partition coefficient (Wildman–Crippen LogP) is 0.867. The normalized spacial score (nSPS) is 17.1. The first kappa shape index (κ1) is 11.2. The van der Waals surface area contributed by atoms with Crippen LogP contribution in [0.4, 0.5) is 0 Å². The number of hydrogen-bond acceptors (Lipinski definition) is 4. The van der Waals surface area contributed by atoms with Gasteiger partial charge in [-0.3, -0.25) is 9.20 Å². The molecule has 2 N–H and O–H groups in total. The summed E-state index contributed by atoms with van der Waals surface area (Å²) in [6.07, 6.45) is 3.59. The summed E-state index contributed by atoms with van der Waals surface area (Å²) in [4.78, 5) is 16.4. The van der Waals surface area contributed by atoms with Crippen LogP contribution < -0.4 is 10.9 Å². The van der Waals surface area contributed by atoms with Crippen LogP contribution in [0, 0.1) is 0 Å². The molecular formula is C13H15N3O2. The summed E-state index contributed by atoms with van der Waals surface area (Å²) >= 11 is 0. The lowest BCUT2D eigenvalue weighted by atomic mass is 9.94. The number of nitrogens with one attached hydrogen (secondary N) is 1. The van der Waals surface area contributed by atoms with Crippen molar-refractivity contribution in [3.8, 4) is 5.75 Å². The predicted molar refractivity (Wildman–Crippen MR) is 68.0 cm³/mol. The Bertz CT molecular complexity index is 630. The molecule has 0 bridgehead atoms. The third-order valence-corrected chi connectivity index (χ3v) is 3.45. The van der Waals surface area contributed by atoms with Crippen molar-refractivity contribution in [1.29, 1.82) is 0 Å². The zero-order valence-electron chi connectivity index (χ0n) is 9.97. The smallest absolute Gasteiger partial charge is 0.258 e. The number of fused-ring (bicyclic) bond motifs is 1. The maximum absolute atomic E-state index is 12.0. The third kappa shape index (κ3) is 1.86. The van der Waals surface area contributed by atoms with Gasteiger partial charge in [0.1, 0.15) is 0 Å². The summed E-state index contributed by atoms with van der Waals surface area (Å²) in [5.41, 5.74) is 1.01. The summed E-state index contributed by atoms with van der Waals surface area (Å²) in [6.45, 7) is 1.90. The van der Waals surface area contributed by atoms with Gasteiger partial charge in [0, 0.05) is 18.2 Å². The molecule has 0 aliphatic carbocycles. The zero-order chi connectivity index (χ0) is 12.5. The molecule has 3 heterocycles. The van der Waals surface area contributed by atoms with Crippen LogP contribution in [0.25, 0.3) is 5.65 Å². The van der Waals surface area contributed by atoms with Crippen LogP contribution in [0.3, 0.4) is 0 Å². The summed E-state index contributed by atoms with van der Waals surface area (Å²) in [5, 5.41) is 13.1. The number of rotatable bonds is 1. The van der Waals surface area contributed by atoms with Crippen LogP contribution in [0.5, 0.6) is 5.75 Å². The molecule has 1 aliphatic rings. The van der Waals surface area contributed by atoms with E-state index in [0.29, 0.717) is 11.6 Å². The van der Waals surface area contributed by atoms with E-state index < -0.39 is 0 Å². The summed E-state index contributed by atoms with van der Waals surface area (Å²) in [7, 11) is 0. The quantitative estimate of drug-likeness (QED) is 0.782. The molecule has 0 unspecified atom stereocenters. The molecule has 18 heavy (non-hydrogen) atoms. The minimum Gasteiger partial charge on any atom is -0.504 e. The Hall–Kier alpha value is -1.88. The van der Waals surface area contributed by atoms with Crippen LogP contribution in [0.15, 0.2) is 29.2 Å². The summed E-state index contributed by atoms with van der Waals surface area (Å²) in [6, 6.07) is 4.77. The molecule has 0 spiro atoms. The number of nitrogens with zero attached hydrogens (tertiary/aromatic N) is 2. The first-order valence-corrected chi connectivity index (χ1v) is 6.18. The first-order chi connectivity index (χ1) is 8.75. The van der Waals surface area contributed by atoms with Crippen molar-refractivity contribution in [2.45, 2.75) is 18.8 Å². The van der Waals surface area contributed by atoms with Gasteiger partial charge in [-0.1, -0.05) is 0 Å². The van der Waals surface area contributed by atoms with E-state index in [9.17, 15) is 9.90 Å². The highest BCUT2D eigenvalue weighted by Crippen LogP contribution is 2.24. The van der Waals surface area contributed by atoms with Gasteiger partial charge in [0.05, 0.1) is 5.69 Å². The van der Waals surface area contributed by atoms with Crippen molar-refractivity contribution in [1.82, 2.24) is 14.7 Å². The lowest BCUT2D eigenvalue weighted by Crippen LogP contribution is -2.28. The average molecular weight is 245 g/mol. The largest absolute Gasteiger partial charge is 0.504 e. The van der Waals surface area contributed by atoms with Gasteiger partial charge in [0.2, 0.25) is 0 Å².